The average Bonchev–Trinajstić information content (AvgIpc) is 2.61. The Morgan fingerprint density at radius 2 is 2.24 bits per heavy atom. The van der Waals surface area contributed by atoms with Gasteiger partial charge in [0.1, 0.15) is 5.82 Å². The molecule has 0 aliphatic carbocycles. The molecule has 0 saturated heterocycles. The van der Waals surface area contributed by atoms with Crippen molar-refractivity contribution in [3.63, 3.8) is 0 Å². The van der Waals surface area contributed by atoms with E-state index in [1.165, 1.54) is 6.20 Å². The maximum Gasteiger partial charge on any atom is 0.259 e. The summed E-state index contributed by atoms with van der Waals surface area (Å²) in [7, 11) is -3.63. The number of aryl methyl sites for hydroxylation is 2. The lowest BCUT2D eigenvalue weighted by molar-refractivity contribution is 0.265. The summed E-state index contributed by atoms with van der Waals surface area (Å²) >= 11 is 0. The topological polar surface area (TPSA) is 84.2 Å². The summed E-state index contributed by atoms with van der Waals surface area (Å²) < 4.78 is 27.9. The fraction of sp³-hybridized carbons (Fsp3) is 0.700. The van der Waals surface area contributed by atoms with Crippen LogP contribution >= 0.6 is 0 Å². The lowest BCUT2D eigenvalue weighted by Crippen LogP contribution is -2.35. The van der Waals surface area contributed by atoms with Crippen molar-refractivity contribution in [2.75, 3.05) is 6.61 Å². The Bertz CT molecular complexity index is 467. The van der Waals surface area contributed by atoms with Crippen molar-refractivity contribution in [1.29, 1.82) is 0 Å². The predicted molar refractivity (Wildman–Crippen MR) is 64.1 cm³/mol. The van der Waals surface area contributed by atoms with E-state index in [0.29, 0.717) is 5.82 Å². The first kappa shape index (κ1) is 14.1. The van der Waals surface area contributed by atoms with Crippen molar-refractivity contribution < 1.29 is 13.5 Å². The summed E-state index contributed by atoms with van der Waals surface area (Å²) in [6.45, 7) is 5.87. The highest BCUT2D eigenvalue weighted by atomic mass is 32.2. The molecule has 0 bridgehead atoms. The Kier molecular flexibility index (Phi) is 4.67. The second-order valence-corrected chi connectivity index (χ2v) is 5.69. The summed E-state index contributed by atoms with van der Waals surface area (Å²) in [4.78, 5) is 4.02. The molecular formula is C10H19N3O3S. The summed E-state index contributed by atoms with van der Waals surface area (Å²) in [5.74, 6) is 0.670. The first-order valence-corrected chi connectivity index (χ1v) is 7.06. The lowest BCUT2D eigenvalue weighted by atomic mass is 10.4. The van der Waals surface area contributed by atoms with E-state index in [0.717, 1.165) is 13.0 Å². The molecule has 0 amide bonds. The van der Waals surface area contributed by atoms with Gasteiger partial charge < -0.3 is 9.67 Å². The highest BCUT2D eigenvalue weighted by Crippen LogP contribution is 2.10. The summed E-state index contributed by atoms with van der Waals surface area (Å²) in [5, 5.41) is 8.84. The van der Waals surface area contributed by atoms with Gasteiger partial charge in [-0.05, 0) is 20.3 Å². The third kappa shape index (κ3) is 3.52. The van der Waals surface area contributed by atoms with Gasteiger partial charge in [0.05, 0.1) is 6.61 Å². The fourth-order valence-corrected chi connectivity index (χ4v) is 2.68. The molecule has 0 aliphatic rings. The van der Waals surface area contributed by atoms with E-state index in [4.69, 9.17) is 5.11 Å². The first-order chi connectivity index (χ1) is 7.90. The first-order valence-electron chi connectivity index (χ1n) is 5.57. The molecule has 0 unspecified atom stereocenters. The standard InChI is InChI=1S/C10H19N3O3S/c1-4-5-13-6-10(11-9(13)3)17(15,16)12-8(2)7-14/h6,8,12,14H,4-5,7H2,1-3H3/t8-/m1/s1. The Balaban J connectivity index is 2.95. The number of aromatic nitrogens is 2. The van der Waals surface area contributed by atoms with Crippen LogP contribution in [0, 0.1) is 6.92 Å². The second-order valence-electron chi connectivity index (χ2n) is 4.02. The van der Waals surface area contributed by atoms with Crippen molar-refractivity contribution in [3.8, 4) is 0 Å². The van der Waals surface area contributed by atoms with Crippen molar-refractivity contribution in [3.05, 3.63) is 12.0 Å². The van der Waals surface area contributed by atoms with E-state index >= 15 is 0 Å². The summed E-state index contributed by atoms with van der Waals surface area (Å²) in [6.07, 6.45) is 2.43. The van der Waals surface area contributed by atoms with E-state index in [9.17, 15) is 8.42 Å². The monoisotopic (exact) mass is 261 g/mol. The minimum absolute atomic E-state index is 0.00347. The number of aliphatic hydroxyl groups excluding tert-OH is 1. The molecule has 17 heavy (non-hydrogen) atoms. The van der Waals surface area contributed by atoms with Gasteiger partial charge in [0.2, 0.25) is 0 Å². The maximum atomic E-state index is 11.9. The second kappa shape index (κ2) is 5.61. The van der Waals surface area contributed by atoms with Gasteiger partial charge >= 0.3 is 0 Å². The van der Waals surface area contributed by atoms with Crippen molar-refractivity contribution in [2.24, 2.45) is 0 Å². The van der Waals surface area contributed by atoms with Gasteiger partial charge in [-0.1, -0.05) is 6.92 Å². The van der Waals surface area contributed by atoms with Crippen LogP contribution in [0.1, 0.15) is 26.1 Å². The van der Waals surface area contributed by atoms with Crippen LogP contribution in [-0.4, -0.2) is 35.7 Å². The number of aliphatic hydroxyl groups is 1. The van der Waals surface area contributed by atoms with Gasteiger partial charge in [0, 0.05) is 18.8 Å². The Hall–Kier alpha value is -0.920. The third-order valence-electron chi connectivity index (χ3n) is 2.32. The van der Waals surface area contributed by atoms with Crippen LogP contribution in [-0.2, 0) is 16.6 Å². The number of sulfonamides is 1. The Morgan fingerprint density at radius 1 is 1.59 bits per heavy atom. The molecule has 1 atom stereocenters. The maximum absolute atomic E-state index is 11.9. The number of imidazole rings is 1. The van der Waals surface area contributed by atoms with Crippen LogP contribution in [0.5, 0.6) is 0 Å². The minimum Gasteiger partial charge on any atom is -0.395 e. The van der Waals surface area contributed by atoms with Gasteiger partial charge in [-0.3, -0.25) is 0 Å². The van der Waals surface area contributed by atoms with Gasteiger partial charge in [-0.2, -0.15) is 0 Å². The van der Waals surface area contributed by atoms with E-state index in [1.807, 2.05) is 6.92 Å². The van der Waals surface area contributed by atoms with Crippen LogP contribution in [0.15, 0.2) is 11.2 Å². The van der Waals surface area contributed by atoms with Gasteiger partial charge in [-0.25, -0.2) is 18.1 Å². The van der Waals surface area contributed by atoms with Crippen LogP contribution < -0.4 is 4.72 Å². The minimum atomic E-state index is -3.63. The normalized spacial score (nSPS) is 13.9. The van der Waals surface area contributed by atoms with E-state index in [2.05, 4.69) is 9.71 Å². The van der Waals surface area contributed by atoms with E-state index in [1.54, 1.807) is 18.4 Å². The quantitative estimate of drug-likeness (QED) is 0.769. The third-order valence-corrected chi connectivity index (χ3v) is 3.78. The van der Waals surface area contributed by atoms with Crippen molar-refractivity contribution >= 4 is 10.0 Å². The molecule has 7 heteroatoms. The number of hydrogen-bond donors (Lipinski definition) is 2. The summed E-state index contributed by atoms with van der Waals surface area (Å²) in [5.41, 5.74) is 0. The number of hydrogen-bond acceptors (Lipinski definition) is 4. The molecule has 1 rings (SSSR count). The molecule has 1 aromatic heterocycles. The zero-order valence-corrected chi connectivity index (χ0v) is 11.2. The lowest BCUT2D eigenvalue weighted by Gasteiger charge is -2.09. The molecule has 0 radical (unpaired) electrons. The van der Waals surface area contributed by atoms with Crippen LogP contribution in [0.3, 0.4) is 0 Å². The molecule has 0 spiro atoms. The molecular weight excluding hydrogens is 242 g/mol. The van der Waals surface area contributed by atoms with Gasteiger partial charge in [-0.15, -0.1) is 0 Å². The van der Waals surface area contributed by atoms with E-state index < -0.39 is 16.1 Å². The van der Waals surface area contributed by atoms with Crippen molar-refractivity contribution in [2.45, 2.75) is 44.8 Å². The van der Waals surface area contributed by atoms with Crippen LogP contribution in [0.2, 0.25) is 0 Å². The molecule has 0 saturated carbocycles. The highest BCUT2D eigenvalue weighted by molar-refractivity contribution is 7.89. The van der Waals surface area contributed by atoms with Gasteiger partial charge in [0.25, 0.3) is 10.0 Å². The smallest absolute Gasteiger partial charge is 0.259 e. The molecule has 0 aliphatic heterocycles. The molecule has 0 fully saturated rings. The predicted octanol–water partition coefficient (Wildman–Crippen LogP) is 0.261. The van der Waals surface area contributed by atoms with Crippen molar-refractivity contribution in [1.82, 2.24) is 14.3 Å². The zero-order valence-electron chi connectivity index (χ0n) is 10.3. The molecule has 0 aromatic carbocycles. The van der Waals surface area contributed by atoms with Gasteiger partial charge in [0.15, 0.2) is 5.03 Å². The number of nitrogens with zero attached hydrogens (tertiary/aromatic N) is 2. The van der Waals surface area contributed by atoms with E-state index in [-0.39, 0.29) is 11.6 Å². The fourth-order valence-electron chi connectivity index (χ4n) is 1.44. The Labute approximate surface area is 102 Å². The number of nitrogens with one attached hydrogen (secondary N) is 1. The number of rotatable bonds is 6. The molecule has 1 aromatic rings. The largest absolute Gasteiger partial charge is 0.395 e. The molecule has 6 nitrogen and oxygen atoms in total. The molecule has 98 valence electrons. The van der Waals surface area contributed by atoms with Crippen LogP contribution in [0.25, 0.3) is 0 Å². The highest BCUT2D eigenvalue weighted by Gasteiger charge is 2.20. The SMILES string of the molecule is CCCn1cc(S(=O)(=O)N[C@H](C)CO)nc1C. The molecule has 1 heterocycles. The Morgan fingerprint density at radius 3 is 2.76 bits per heavy atom. The van der Waals surface area contributed by atoms with Crippen LogP contribution in [0.4, 0.5) is 0 Å². The average molecular weight is 261 g/mol. The summed E-state index contributed by atoms with van der Waals surface area (Å²) in [6, 6.07) is -0.517. The zero-order chi connectivity index (χ0) is 13.1. The molecule has 2 N–H and O–H groups in total.